The second-order valence-electron chi connectivity index (χ2n) is 4.65. The van der Waals surface area contributed by atoms with Gasteiger partial charge in [-0.25, -0.2) is 8.42 Å². The molecule has 16 heavy (non-hydrogen) atoms. The van der Waals surface area contributed by atoms with Crippen LogP contribution in [-0.2, 0) is 9.84 Å². The first kappa shape index (κ1) is 14.0. The molecule has 2 unspecified atom stereocenters. The number of hydrogen-bond donors (Lipinski definition) is 1. The molecular weight excluding hydrogens is 222 g/mol. The number of nitrogens with one attached hydrogen (secondary N) is 1. The molecule has 0 aromatic heterocycles. The number of sulfone groups is 1. The molecular formula is C12H25NO2S. The molecule has 2 atom stereocenters. The predicted molar refractivity (Wildman–Crippen MR) is 68.4 cm³/mol. The topological polar surface area (TPSA) is 46.2 Å². The summed E-state index contributed by atoms with van der Waals surface area (Å²) in [6, 6.07) is 0.176. The molecule has 0 radical (unpaired) electrons. The van der Waals surface area contributed by atoms with Crippen LogP contribution < -0.4 is 5.32 Å². The summed E-state index contributed by atoms with van der Waals surface area (Å²) in [5, 5.41) is 3.21. The normalized spacial score (nSPS) is 28.4. The van der Waals surface area contributed by atoms with Crippen LogP contribution in [0.1, 0.15) is 52.4 Å². The third kappa shape index (κ3) is 3.74. The highest BCUT2D eigenvalue weighted by Gasteiger charge is 2.31. The summed E-state index contributed by atoms with van der Waals surface area (Å²) < 4.78 is 24.1. The van der Waals surface area contributed by atoms with Gasteiger partial charge in [0.05, 0.1) is 5.25 Å². The molecule has 0 spiro atoms. The van der Waals surface area contributed by atoms with Gasteiger partial charge in [-0.1, -0.05) is 39.5 Å². The average Bonchev–Trinajstić information content (AvgIpc) is 2.22. The minimum atomic E-state index is -2.89. The second kappa shape index (κ2) is 6.60. The Morgan fingerprint density at radius 2 is 1.69 bits per heavy atom. The lowest BCUT2D eigenvalue weighted by atomic mass is 9.96. The van der Waals surface area contributed by atoms with E-state index in [2.05, 4.69) is 5.32 Å². The van der Waals surface area contributed by atoms with E-state index in [-0.39, 0.29) is 17.0 Å². The Kier molecular flexibility index (Phi) is 5.76. The highest BCUT2D eigenvalue weighted by atomic mass is 32.2. The van der Waals surface area contributed by atoms with Gasteiger partial charge < -0.3 is 5.32 Å². The van der Waals surface area contributed by atoms with Crippen LogP contribution in [0.4, 0.5) is 0 Å². The first-order valence-corrected chi connectivity index (χ1v) is 8.28. The zero-order valence-corrected chi connectivity index (χ0v) is 11.4. The van der Waals surface area contributed by atoms with E-state index in [1.54, 1.807) is 6.92 Å². The Balaban J connectivity index is 2.78. The second-order valence-corrected chi connectivity index (χ2v) is 7.15. The van der Waals surface area contributed by atoms with Crippen molar-refractivity contribution in [1.29, 1.82) is 0 Å². The van der Waals surface area contributed by atoms with E-state index in [1.807, 2.05) is 6.92 Å². The summed E-state index contributed by atoms with van der Waals surface area (Å²) >= 11 is 0. The molecule has 0 heterocycles. The summed E-state index contributed by atoms with van der Waals surface area (Å²) in [4.78, 5) is 0. The Labute approximate surface area is 99.9 Å². The van der Waals surface area contributed by atoms with Crippen LogP contribution in [0.15, 0.2) is 0 Å². The molecule has 1 aliphatic rings. The Bertz CT molecular complexity index is 287. The zero-order chi connectivity index (χ0) is 12.0. The van der Waals surface area contributed by atoms with E-state index in [0.29, 0.717) is 0 Å². The molecule has 0 aliphatic heterocycles. The Hall–Kier alpha value is -0.0900. The Morgan fingerprint density at radius 3 is 2.25 bits per heavy atom. The van der Waals surface area contributed by atoms with Crippen molar-refractivity contribution in [3.63, 3.8) is 0 Å². The van der Waals surface area contributed by atoms with Crippen molar-refractivity contribution in [3.8, 4) is 0 Å². The molecule has 96 valence electrons. The van der Waals surface area contributed by atoms with Gasteiger partial charge in [-0.15, -0.1) is 0 Å². The van der Waals surface area contributed by atoms with E-state index in [9.17, 15) is 8.42 Å². The standard InChI is InChI=1S/C12H25NO2S/c1-3-13-11-9-7-5-6-8-10-12(11)16(14,15)4-2/h11-13H,3-10H2,1-2H3. The minimum Gasteiger partial charge on any atom is -0.313 e. The molecule has 1 rings (SSSR count). The first-order chi connectivity index (χ1) is 7.61. The van der Waals surface area contributed by atoms with E-state index >= 15 is 0 Å². The number of hydrogen-bond acceptors (Lipinski definition) is 3. The van der Waals surface area contributed by atoms with Crippen LogP contribution in [-0.4, -0.2) is 32.0 Å². The SMILES string of the molecule is CCNC1CCCCCCC1S(=O)(=O)CC. The van der Waals surface area contributed by atoms with Crippen LogP contribution in [0.2, 0.25) is 0 Å². The maximum atomic E-state index is 12.1. The van der Waals surface area contributed by atoms with Gasteiger partial charge in [-0.2, -0.15) is 0 Å². The molecule has 0 aromatic carbocycles. The van der Waals surface area contributed by atoms with Gasteiger partial charge in [-0.05, 0) is 19.4 Å². The fraction of sp³-hybridized carbons (Fsp3) is 1.00. The van der Waals surface area contributed by atoms with Gasteiger partial charge in [0.15, 0.2) is 9.84 Å². The summed E-state index contributed by atoms with van der Waals surface area (Å²) in [6.07, 6.45) is 6.51. The fourth-order valence-corrected chi connectivity index (χ4v) is 4.28. The molecule has 1 saturated carbocycles. The van der Waals surface area contributed by atoms with E-state index in [1.165, 1.54) is 12.8 Å². The largest absolute Gasteiger partial charge is 0.313 e. The monoisotopic (exact) mass is 247 g/mol. The molecule has 3 nitrogen and oxygen atoms in total. The lowest BCUT2D eigenvalue weighted by Gasteiger charge is -2.29. The average molecular weight is 247 g/mol. The van der Waals surface area contributed by atoms with Gasteiger partial charge in [0.25, 0.3) is 0 Å². The van der Waals surface area contributed by atoms with Gasteiger partial charge in [0.2, 0.25) is 0 Å². The van der Waals surface area contributed by atoms with Crippen molar-refractivity contribution in [1.82, 2.24) is 5.32 Å². The maximum absolute atomic E-state index is 12.1. The third-order valence-corrected chi connectivity index (χ3v) is 5.82. The summed E-state index contributed by atoms with van der Waals surface area (Å²) in [7, 11) is -2.89. The van der Waals surface area contributed by atoms with E-state index < -0.39 is 9.84 Å². The molecule has 0 aromatic rings. The van der Waals surface area contributed by atoms with E-state index in [0.717, 1.165) is 32.2 Å². The molecule has 1 N–H and O–H groups in total. The summed E-state index contributed by atoms with van der Waals surface area (Å²) in [5.41, 5.74) is 0. The van der Waals surface area contributed by atoms with Crippen LogP contribution in [0, 0.1) is 0 Å². The maximum Gasteiger partial charge on any atom is 0.154 e. The van der Waals surface area contributed by atoms with Crippen LogP contribution >= 0.6 is 0 Å². The highest BCUT2D eigenvalue weighted by molar-refractivity contribution is 7.92. The molecule has 0 amide bonds. The first-order valence-electron chi connectivity index (χ1n) is 6.56. The quantitative estimate of drug-likeness (QED) is 0.827. The molecule has 0 bridgehead atoms. The predicted octanol–water partition coefficient (Wildman–Crippen LogP) is 2.12. The minimum absolute atomic E-state index is 0.155. The molecule has 4 heteroatoms. The molecule has 0 saturated heterocycles. The van der Waals surface area contributed by atoms with Crippen LogP contribution in [0.5, 0.6) is 0 Å². The van der Waals surface area contributed by atoms with Crippen LogP contribution in [0.3, 0.4) is 0 Å². The molecule has 1 aliphatic carbocycles. The Morgan fingerprint density at radius 1 is 1.06 bits per heavy atom. The van der Waals surface area contributed by atoms with Gasteiger partial charge in [0, 0.05) is 11.8 Å². The van der Waals surface area contributed by atoms with Crippen molar-refractivity contribution < 1.29 is 8.42 Å². The lowest BCUT2D eigenvalue weighted by molar-refractivity contribution is 0.393. The van der Waals surface area contributed by atoms with E-state index in [4.69, 9.17) is 0 Å². The fourth-order valence-electron chi connectivity index (χ4n) is 2.59. The van der Waals surface area contributed by atoms with Gasteiger partial charge >= 0.3 is 0 Å². The number of rotatable bonds is 4. The van der Waals surface area contributed by atoms with Gasteiger partial charge in [-0.3, -0.25) is 0 Å². The molecule has 1 fully saturated rings. The van der Waals surface area contributed by atoms with Crippen molar-refractivity contribution >= 4 is 9.84 Å². The van der Waals surface area contributed by atoms with Crippen molar-refractivity contribution in [2.24, 2.45) is 0 Å². The third-order valence-electron chi connectivity index (χ3n) is 3.53. The lowest BCUT2D eigenvalue weighted by Crippen LogP contribution is -2.45. The van der Waals surface area contributed by atoms with Crippen molar-refractivity contribution in [2.45, 2.75) is 63.7 Å². The van der Waals surface area contributed by atoms with Crippen molar-refractivity contribution in [3.05, 3.63) is 0 Å². The van der Waals surface area contributed by atoms with Crippen molar-refractivity contribution in [2.75, 3.05) is 12.3 Å². The zero-order valence-electron chi connectivity index (χ0n) is 10.5. The summed E-state index contributed by atoms with van der Waals surface area (Å²) in [6.45, 7) is 4.67. The van der Waals surface area contributed by atoms with Crippen LogP contribution in [0.25, 0.3) is 0 Å². The van der Waals surface area contributed by atoms with Gasteiger partial charge in [0.1, 0.15) is 0 Å². The highest BCUT2D eigenvalue weighted by Crippen LogP contribution is 2.23. The smallest absolute Gasteiger partial charge is 0.154 e. The summed E-state index contributed by atoms with van der Waals surface area (Å²) in [5.74, 6) is 0.277.